The van der Waals surface area contributed by atoms with E-state index in [0.29, 0.717) is 5.75 Å². The summed E-state index contributed by atoms with van der Waals surface area (Å²) in [6, 6.07) is 12.4. The smallest absolute Gasteiger partial charge is 0.125 e. The van der Waals surface area contributed by atoms with E-state index in [1.807, 2.05) is 26.8 Å². The predicted molar refractivity (Wildman–Crippen MR) is 101 cm³/mol. The average Bonchev–Trinajstić information content (AvgIpc) is 2.55. The zero-order valence-electron chi connectivity index (χ0n) is 15.1. The van der Waals surface area contributed by atoms with Gasteiger partial charge in [0, 0.05) is 0 Å². The molecule has 3 nitrogen and oxygen atoms in total. The van der Waals surface area contributed by atoms with Gasteiger partial charge in [0.15, 0.2) is 0 Å². The van der Waals surface area contributed by atoms with Crippen LogP contribution < -0.4 is 15.7 Å². The van der Waals surface area contributed by atoms with Crippen LogP contribution >= 0.6 is 0 Å². The van der Waals surface area contributed by atoms with Crippen LogP contribution in [0.1, 0.15) is 16.7 Å². The molecule has 126 valence electrons. The molecular formula is C19H29NO2Si. The van der Waals surface area contributed by atoms with Crippen LogP contribution in [-0.4, -0.2) is 26.5 Å². The van der Waals surface area contributed by atoms with Crippen molar-refractivity contribution in [2.24, 2.45) is 5.73 Å². The summed E-state index contributed by atoms with van der Waals surface area (Å²) in [7, 11) is -0.124. The van der Waals surface area contributed by atoms with E-state index in [0.717, 1.165) is 28.7 Å². The summed E-state index contributed by atoms with van der Waals surface area (Å²) in [5, 5.41) is 11.3. The molecule has 2 rings (SSSR count). The van der Waals surface area contributed by atoms with Crippen LogP contribution in [0.15, 0.2) is 36.4 Å². The zero-order chi connectivity index (χ0) is 17.6. The molecule has 2 aromatic rings. The lowest BCUT2D eigenvalue weighted by atomic mass is 10.0. The molecule has 0 aliphatic carbocycles. The number of nitrogens with two attached hydrogens (primary N) is 1. The van der Waals surface area contributed by atoms with E-state index in [4.69, 9.17) is 4.74 Å². The SMILES string of the molecule is CN.Cc1cc(O)c(C)c(C)c1OC[Si](C)(C)c1ccccc1. The highest BCUT2D eigenvalue weighted by molar-refractivity contribution is 6.89. The van der Waals surface area contributed by atoms with Crippen molar-refractivity contribution in [3.05, 3.63) is 53.1 Å². The normalized spacial score (nSPS) is 10.7. The molecule has 0 atom stereocenters. The third kappa shape index (κ3) is 4.59. The highest BCUT2D eigenvalue weighted by Crippen LogP contribution is 2.32. The van der Waals surface area contributed by atoms with Gasteiger partial charge in [-0.1, -0.05) is 48.6 Å². The minimum absolute atomic E-state index is 0.344. The predicted octanol–water partition coefficient (Wildman–Crippen LogP) is 3.43. The minimum Gasteiger partial charge on any atom is -0.508 e. The van der Waals surface area contributed by atoms with Crippen molar-refractivity contribution in [2.45, 2.75) is 33.9 Å². The van der Waals surface area contributed by atoms with E-state index in [2.05, 4.69) is 43.1 Å². The molecule has 4 heteroatoms. The molecule has 0 heterocycles. The number of hydrogen-bond acceptors (Lipinski definition) is 3. The van der Waals surface area contributed by atoms with Crippen molar-refractivity contribution >= 4 is 13.3 Å². The van der Waals surface area contributed by atoms with Crippen molar-refractivity contribution in [1.29, 1.82) is 0 Å². The molecule has 0 amide bonds. The van der Waals surface area contributed by atoms with Crippen LogP contribution in [-0.2, 0) is 0 Å². The van der Waals surface area contributed by atoms with E-state index < -0.39 is 8.07 Å². The lowest BCUT2D eigenvalue weighted by Crippen LogP contribution is -2.47. The van der Waals surface area contributed by atoms with Gasteiger partial charge >= 0.3 is 0 Å². The lowest BCUT2D eigenvalue weighted by molar-refractivity contribution is 0.371. The molecule has 0 fully saturated rings. The summed E-state index contributed by atoms with van der Waals surface area (Å²) in [5.74, 6) is 1.26. The van der Waals surface area contributed by atoms with Gasteiger partial charge in [-0.15, -0.1) is 0 Å². The van der Waals surface area contributed by atoms with Gasteiger partial charge in [-0.2, -0.15) is 0 Å². The lowest BCUT2D eigenvalue weighted by Gasteiger charge is -2.25. The Morgan fingerprint density at radius 2 is 1.57 bits per heavy atom. The molecule has 0 unspecified atom stereocenters. The third-order valence-electron chi connectivity index (χ3n) is 4.13. The van der Waals surface area contributed by atoms with Gasteiger partial charge < -0.3 is 15.6 Å². The largest absolute Gasteiger partial charge is 0.508 e. The molecular weight excluding hydrogens is 302 g/mol. The van der Waals surface area contributed by atoms with Gasteiger partial charge in [0.1, 0.15) is 19.6 Å². The first-order chi connectivity index (χ1) is 10.8. The Hall–Kier alpha value is -1.78. The summed E-state index contributed by atoms with van der Waals surface area (Å²) in [6.07, 6.45) is 0.739. The quantitative estimate of drug-likeness (QED) is 0.844. The van der Waals surface area contributed by atoms with Crippen molar-refractivity contribution in [3.8, 4) is 11.5 Å². The third-order valence-corrected chi connectivity index (χ3v) is 6.89. The Morgan fingerprint density at radius 3 is 2.13 bits per heavy atom. The van der Waals surface area contributed by atoms with Crippen molar-refractivity contribution in [2.75, 3.05) is 13.3 Å². The highest BCUT2D eigenvalue weighted by Gasteiger charge is 2.25. The molecule has 0 aromatic heterocycles. The molecule has 0 aliphatic rings. The van der Waals surface area contributed by atoms with Crippen LogP contribution in [0.4, 0.5) is 0 Å². The molecule has 0 saturated heterocycles. The van der Waals surface area contributed by atoms with Gasteiger partial charge in [-0.05, 0) is 50.6 Å². The van der Waals surface area contributed by atoms with E-state index in [-0.39, 0.29) is 0 Å². The maximum absolute atomic E-state index is 9.86. The minimum atomic E-state index is -1.62. The first kappa shape index (κ1) is 19.3. The summed E-state index contributed by atoms with van der Waals surface area (Å²) in [5.41, 5.74) is 7.42. The topological polar surface area (TPSA) is 55.5 Å². The number of rotatable bonds is 4. The Kier molecular flexibility index (Phi) is 6.85. The van der Waals surface area contributed by atoms with E-state index >= 15 is 0 Å². The fourth-order valence-electron chi connectivity index (χ4n) is 2.48. The van der Waals surface area contributed by atoms with Gasteiger partial charge in [0.2, 0.25) is 0 Å². The number of aromatic hydroxyl groups is 1. The van der Waals surface area contributed by atoms with Crippen LogP contribution in [0.2, 0.25) is 13.1 Å². The van der Waals surface area contributed by atoms with Crippen molar-refractivity contribution in [1.82, 2.24) is 0 Å². The second kappa shape index (κ2) is 8.18. The van der Waals surface area contributed by atoms with Gasteiger partial charge in [-0.25, -0.2) is 0 Å². The Balaban J connectivity index is 0.00000127. The highest BCUT2D eigenvalue weighted by atomic mass is 28.3. The molecule has 0 bridgehead atoms. The molecule has 0 radical (unpaired) electrons. The molecule has 23 heavy (non-hydrogen) atoms. The van der Waals surface area contributed by atoms with E-state index in [9.17, 15) is 5.11 Å². The van der Waals surface area contributed by atoms with E-state index in [1.54, 1.807) is 6.07 Å². The average molecular weight is 332 g/mol. The first-order valence-corrected chi connectivity index (χ1v) is 11.1. The number of phenols is 1. The van der Waals surface area contributed by atoms with Gasteiger partial charge in [0.25, 0.3) is 0 Å². The molecule has 0 saturated carbocycles. The fourth-order valence-corrected chi connectivity index (χ4v) is 4.25. The Morgan fingerprint density at radius 1 is 1.00 bits per heavy atom. The number of benzene rings is 2. The number of aryl methyl sites for hydroxylation is 1. The molecule has 2 aromatic carbocycles. The number of ether oxygens (including phenoxy) is 1. The van der Waals surface area contributed by atoms with Gasteiger partial charge in [-0.3, -0.25) is 0 Å². The Bertz CT molecular complexity index is 640. The van der Waals surface area contributed by atoms with Gasteiger partial charge in [0.05, 0.1) is 6.23 Å². The van der Waals surface area contributed by atoms with E-state index in [1.165, 1.54) is 12.2 Å². The Labute approximate surface area is 141 Å². The van der Waals surface area contributed by atoms with Crippen LogP contribution in [0.5, 0.6) is 11.5 Å². The standard InChI is InChI=1S/C18H24O2Si.CH5N/c1-13-11-17(19)14(2)15(3)18(13)20-12-21(4,5)16-9-7-6-8-10-16;1-2/h6-11,19H,12H2,1-5H3;2H2,1H3. The number of hydrogen-bond donors (Lipinski definition) is 2. The first-order valence-electron chi connectivity index (χ1n) is 7.89. The summed E-state index contributed by atoms with van der Waals surface area (Å²) >= 11 is 0. The fraction of sp³-hybridized carbons (Fsp3) is 0.368. The maximum Gasteiger partial charge on any atom is 0.125 e. The monoisotopic (exact) mass is 331 g/mol. The van der Waals surface area contributed by atoms with Crippen LogP contribution in [0, 0.1) is 20.8 Å². The second-order valence-electron chi connectivity index (χ2n) is 6.33. The second-order valence-corrected chi connectivity index (χ2v) is 11.0. The molecule has 0 aliphatic heterocycles. The van der Waals surface area contributed by atoms with Crippen LogP contribution in [0.25, 0.3) is 0 Å². The maximum atomic E-state index is 9.86. The molecule has 0 spiro atoms. The number of phenolic OH excluding ortho intramolecular Hbond substituents is 1. The summed E-state index contributed by atoms with van der Waals surface area (Å²) in [6.45, 7) is 10.6. The van der Waals surface area contributed by atoms with Crippen molar-refractivity contribution < 1.29 is 9.84 Å². The summed E-state index contributed by atoms with van der Waals surface area (Å²) in [4.78, 5) is 0. The summed E-state index contributed by atoms with van der Waals surface area (Å²) < 4.78 is 6.17. The molecule has 3 N–H and O–H groups in total. The van der Waals surface area contributed by atoms with Crippen LogP contribution in [0.3, 0.4) is 0 Å². The van der Waals surface area contributed by atoms with Crippen molar-refractivity contribution in [3.63, 3.8) is 0 Å². The zero-order valence-corrected chi connectivity index (χ0v) is 16.1.